The molecule has 5 heterocycles. The SMILES string of the molecule is COCCOC(=O)N1C(=O)C2(c3cc(C#CCN(C)Cc4ccccc4)ccc31)C(C(=O)N1CCN(Cc3ccc4c(c3)OCO4)CC1)C1C(=O)OC(c3ccccc3)C(c3ccccc3)N1C2c1ccc(OCCO)cc1. The Morgan fingerprint density at radius 2 is 1.45 bits per heavy atom. The van der Waals surface area contributed by atoms with Gasteiger partial charge in [-0.15, -0.1) is 0 Å². The number of hydrogen-bond acceptors (Lipinski definition) is 14. The van der Waals surface area contributed by atoms with E-state index < -0.39 is 59.4 Å². The average molecular weight is 1050 g/mol. The second-order valence-corrected chi connectivity index (χ2v) is 20.1. The maximum atomic E-state index is 16.7. The van der Waals surface area contributed by atoms with Crippen molar-refractivity contribution in [2.45, 2.75) is 42.7 Å². The van der Waals surface area contributed by atoms with Crippen LogP contribution in [0.4, 0.5) is 10.5 Å². The number of methoxy groups -OCH3 is 1. The lowest BCUT2D eigenvalue weighted by Crippen LogP contribution is -2.59. The van der Waals surface area contributed by atoms with E-state index in [0.717, 1.165) is 21.6 Å². The molecule has 5 aliphatic heterocycles. The number of morpholine rings is 1. The Labute approximate surface area is 453 Å². The molecule has 3 saturated heterocycles. The number of aliphatic hydroxyl groups excluding tert-OH is 1. The smallest absolute Gasteiger partial charge is 0.421 e. The van der Waals surface area contributed by atoms with E-state index in [1.807, 2.05) is 127 Å². The number of benzene rings is 6. The van der Waals surface area contributed by atoms with Crippen LogP contribution in [0.1, 0.15) is 57.1 Å². The summed E-state index contributed by atoms with van der Waals surface area (Å²) < 4.78 is 34.9. The molecule has 0 bridgehead atoms. The molecule has 6 aromatic rings. The molecule has 1 N–H and O–H groups in total. The van der Waals surface area contributed by atoms with Gasteiger partial charge in [0.05, 0.1) is 43.4 Å². The van der Waals surface area contributed by atoms with E-state index in [-0.39, 0.29) is 52.0 Å². The first-order valence-electron chi connectivity index (χ1n) is 26.3. The molecule has 0 radical (unpaired) electrons. The molecule has 6 unspecified atom stereocenters. The average Bonchev–Trinajstić information content (AvgIpc) is 2.78. The van der Waals surface area contributed by atoms with E-state index in [1.165, 1.54) is 7.11 Å². The summed E-state index contributed by atoms with van der Waals surface area (Å²) >= 11 is 0. The zero-order chi connectivity index (χ0) is 53.8. The quantitative estimate of drug-likeness (QED) is 0.0633. The second kappa shape index (κ2) is 22.9. The number of cyclic esters (lactones) is 1. The number of hydrogen-bond donors (Lipinski definition) is 1. The van der Waals surface area contributed by atoms with E-state index in [2.05, 4.69) is 33.8 Å². The molecular weight excluding hydrogens is 991 g/mol. The van der Waals surface area contributed by atoms with Gasteiger partial charge in [-0.1, -0.05) is 121 Å². The van der Waals surface area contributed by atoms with Crippen molar-refractivity contribution in [3.63, 3.8) is 0 Å². The molecule has 1 spiro atoms. The van der Waals surface area contributed by atoms with Crippen molar-refractivity contribution in [2.75, 3.05) is 85.0 Å². The van der Waals surface area contributed by atoms with E-state index in [4.69, 9.17) is 28.4 Å². The van der Waals surface area contributed by atoms with Gasteiger partial charge in [-0.3, -0.25) is 29.1 Å². The number of nitrogens with zero attached hydrogens (tertiary/aromatic N) is 5. The number of ether oxygens (including phenoxy) is 6. The monoisotopic (exact) mass is 1050 g/mol. The van der Waals surface area contributed by atoms with Crippen LogP contribution in [0.15, 0.2) is 152 Å². The Balaban J connectivity index is 1.09. The molecule has 5 aliphatic rings. The molecular formula is C62H61N5O11. The minimum absolute atomic E-state index is 0.0417. The van der Waals surface area contributed by atoms with Crippen LogP contribution >= 0.6 is 0 Å². The minimum atomic E-state index is -2.01. The molecule has 3 fully saturated rings. The number of fused-ring (bicyclic) bond motifs is 4. The van der Waals surface area contributed by atoms with Crippen LogP contribution < -0.4 is 19.1 Å². The number of carbonyl (C=O) groups is 4. The van der Waals surface area contributed by atoms with Crippen LogP contribution in [0, 0.1) is 17.8 Å². The number of rotatable bonds is 15. The minimum Gasteiger partial charge on any atom is -0.491 e. The van der Waals surface area contributed by atoms with Gasteiger partial charge in [0.1, 0.15) is 36.5 Å². The topological polar surface area (TPSA) is 160 Å². The largest absolute Gasteiger partial charge is 0.491 e. The summed E-state index contributed by atoms with van der Waals surface area (Å²) in [6.45, 7) is 3.10. The summed E-state index contributed by atoms with van der Waals surface area (Å²) in [4.78, 5) is 72.8. The zero-order valence-electron chi connectivity index (χ0n) is 43.6. The van der Waals surface area contributed by atoms with E-state index in [1.54, 1.807) is 29.2 Å². The summed E-state index contributed by atoms with van der Waals surface area (Å²) in [6, 6.07) is 44.3. The first kappa shape index (κ1) is 52.0. The lowest BCUT2D eigenvalue weighted by molar-refractivity contribution is -0.179. The Morgan fingerprint density at radius 1 is 0.744 bits per heavy atom. The fraction of sp³-hybridized carbons (Fsp3) is 0.323. The first-order valence-corrected chi connectivity index (χ1v) is 26.3. The van der Waals surface area contributed by atoms with Gasteiger partial charge in [0.25, 0.3) is 0 Å². The van der Waals surface area contributed by atoms with Crippen LogP contribution in [-0.2, 0) is 47.1 Å². The predicted octanol–water partition coefficient (Wildman–Crippen LogP) is 7.06. The summed E-state index contributed by atoms with van der Waals surface area (Å²) in [5.74, 6) is 5.19. The fourth-order valence-corrected chi connectivity index (χ4v) is 12.0. The van der Waals surface area contributed by atoms with Crippen molar-refractivity contribution in [1.82, 2.24) is 19.6 Å². The lowest BCUT2D eigenvalue weighted by atomic mass is 9.65. The van der Waals surface area contributed by atoms with Crippen molar-refractivity contribution in [1.29, 1.82) is 0 Å². The lowest BCUT2D eigenvalue weighted by Gasteiger charge is -2.46. The van der Waals surface area contributed by atoms with Crippen molar-refractivity contribution in [2.24, 2.45) is 5.92 Å². The third-order valence-corrected chi connectivity index (χ3v) is 15.4. The Kier molecular flexibility index (Phi) is 15.3. The highest BCUT2D eigenvalue weighted by molar-refractivity contribution is 6.23. The highest BCUT2D eigenvalue weighted by atomic mass is 16.7. The van der Waals surface area contributed by atoms with Crippen molar-refractivity contribution in [3.8, 4) is 29.1 Å². The third kappa shape index (κ3) is 9.95. The molecule has 6 atom stereocenters. The first-order chi connectivity index (χ1) is 38.2. The number of imide groups is 1. The normalized spacial score (nSPS) is 22.4. The van der Waals surface area contributed by atoms with Gasteiger partial charge in [0.2, 0.25) is 18.6 Å². The molecule has 400 valence electrons. The molecule has 3 amide bonds. The number of aliphatic hydroxyl groups is 1. The Hall–Kier alpha value is -8.04. The van der Waals surface area contributed by atoms with E-state index >= 15 is 14.4 Å². The van der Waals surface area contributed by atoms with Crippen molar-refractivity contribution >= 4 is 29.6 Å². The number of piperazine rings is 1. The summed E-state index contributed by atoms with van der Waals surface area (Å²) in [7, 11) is 3.47. The summed E-state index contributed by atoms with van der Waals surface area (Å²) in [5, 5.41) is 9.71. The zero-order valence-corrected chi connectivity index (χ0v) is 43.6. The van der Waals surface area contributed by atoms with Gasteiger partial charge < -0.3 is 38.4 Å². The number of anilines is 1. The van der Waals surface area contributed by atoms with Crippen LogP contribution in [0.5, 0.6) is 17.2 Å². The van der Waals surface area contributed by atoms with Gasteiger partial charge in [-0.25, -0.2) is 9.69 Å². The van der Waals surface area contributed by atoms with Gasteiger partial charge in [0, 0.05) is 51.9 Å². The molecule has 78 heavy (non-hydrogen) atoms. The third-order valence-electron chi connectivity index (χ3n) is 15.4. The Morgan fingerprint density at radius 3 is 2.17 bits per heavy atom. The van der Waals surface area contributed by atoms with Crippen LogP contribution in [0.25, 0.3) is 0 Å². The van der Waals surface area contributed by atoms with Crippen LogP contribution in [0.2, 0.25) is 0 Å². The number of carbonyl (C=O) groups excluding carboxylic acids is 4. The van der Waals surface area contributed by atoms with Crippen molar-refractivity contribution < 1.29 is 52.7 Å². The second-order valence-electron chi connectivity index (χ2n) is 20.1. The van der Waals surface area contributed by atoms with Crippen molar-refractivity contribution in [3.05, 3.63) is 191 Å². The van der Waals surface area contributed by atoms with Crippen LogP contribution in [-0.4, -0.2) is 135 Å². The summed E-state index contributed by atoms with van der Waals surface area (Å²) in [6.07, 6.45) is -1.87. The highest BCUT2D eigenvalue weighted by Crippen LogP contribution is 2.66. The van der Waals surface area contributed by atoms with E-state index in [0.29, 0.717) is 72.2 Å². The molecule has 6 aromatic carbocycles. The maximum Gasteiger partial charge on any atom is 0.421 e. The molecule has 0 saturated carbocycles. The Bertz CT molecular complexity index is 3200. The summed E-state index contributed by atoms with van der Waals surface area (Å²) in [5.41, 5.74) is 3.29. The van der Waals surface area contributed by atoms with Gasteiger partial charge in [-0.2, -0.15) is 0 Å². The predicted molar refractivity (Wildman–Crippen MR) is 288 cm³/mol. The number of esters is 1. The molecule has 0 aliphatic carbocycles. The van der Waals surface area contributed by atoms with Gasteiger partial charge in [-0.05, 0) is 82.9 Å². The van der Waals surface area contributed by atoms with Gasteiger partial charge in [0.15, 0.2) is 11.5 Å². The maximum absolute atomic E-state index is 16.7. The van der Waals surface area contributed by atoms with E-state index in [9.17, 15) is 9.90 Å². The number of amides is 3. The van der Waals surface area contributed by atoms with Crippen LogP contribution in [0.3, 0.4) is 0 Å². The van der Waals surface area contributed by atoms with Gasteiger partial charge >= 0.3 is 12.1 Å². The fourth-order valence-electron chi connectivity index (χ4n) is 12.0. The standard InChI is InChI=1S/C62H61N5O11/c1-63(39-43-13-6-3-7-14-43)28-12-15-42-20-26-50-49(37-42)62(60(71)66(50)61(72)75-36-35-73-2)53(58(69)65-31-29-64(30-32-65)40-44-21-27-51-52(38-44)77-41-76-51)55-59(70)78-56(46-18-10-5-11-19-46)54(45-16-8-4-9-17-45)67(55)57(62)47-22-24-48(25-23-47)74-34-33-68/h3-11,13-14,16-27,37-38,53-57,68H,28-36,39-41H2,1-2H3. The molecule has 0 aromatic heterocycles. The molecule has 16 heteroatoms. The molecule has 11 rings (SSSR count). The molecule has 16 nitrogen and oxygen atoms in total. The highest BCUT2D eigenvalue weighted by Gasteiger charge is 2.76.